The molecule has 2 atom stereocenters. The van der Waals surface area contributed by atoms with Crippen molar-refractivity contribution in [2.45, 2.75) is 49.7 Å². The minimum absolute atomic E-state index is 0.00144. The van der Waals surface area contributed by atoms with E-state index in [9.17, 15) is 32.8 Å². The SMILES string of the molecule is N#Cc1ccnc(N2C(=O)CC[C@H]2C(=O)N(c2cc(F)ccc2F)[C@H](C(=O)NC2CC(F)(F)C2)c2ccccc2I)c1. The summed E-state index contributed by atoms with van der Waals surface area (Å²) in [7, 11) is 0. The molecule has 0 spiro atoms. The Balaban J connectivity index is 1.64. The summed E-state index contributed by atoms with van der Waals surface area (Å²) in [5.41, 5.74) is -0.164. The van der Waals surface area contributed by atoms with E-state index >= 15 is 4.39 Å². The van der Waals surface area contributed by atoms with Gasteiger partial charge in [-0.15, -0.1) is 0 Å². The Morgan fingerprint density at radius 2 is 1.88 bits per heavy atom. The number of hydrogen-bond acceptors (Lipinski definition) is 5. The van der Waals surface area contributed by atoms with E-state index in [-0.39, 0.29) is 29.8 Å². The van der Waals surface area contributed by atoms with Gasteiger partial charge in [0.15, 0.2) is 0 Å². The number of nitrogens with zero attached hydrogens (tertiary/aromatic N) is 4. The van der Waals surface area contributed by atoms with E-state index in [2.05, 4.69) is 10.3 Å². The van der Waals surface area contributed by atoms with Gasteiger partial charge in [-0.3, -0.25) is 24.2 Å². The Morgan fingerprint density at radius 3 is 2.57 bits per heavy atom. The largest absolute Gasteiger partial charge is 0.351 e. The number of hydrogen-bond donors (Lipinski definition) is 1. The lowest BCUT2D eigenvalue weighted by Gasteiger charge is -2.39. The fraction of sp³-hybridized carbons (Fsp3) is 0.276. The van der Waals surface area contributed by atoms with Gasteiger partial charge in [-0.2, -0.15) is 5.26 Å². The van der Waals surface area contributed by atoms with E-state index in [4.69, 9.17) is 0 Å². The van der Waals surface area contributed by atoms with Gasteiger partial charge in [-0.1, -0.05) is 18.2 Å². The smallest absolute Gasteiger partial charge is 0.252 e. The van der Waals surface area contributed by atoms with Gasteiger partial charge < -0.3 is 5.32 Å². The van der Waals surface area contributed by atoms with Gasteiger partial charge in [-0.05, 0) is 64.9 Å². The van der Waals surface area contributed by atoms with Gasteiger partial charge in [0, 0.05) is 41.1 Å². The van der Waals surface area contributed by atoms with Crippen molar-refractivity contribution < 1.29 is 31.9 Å². The van der Waals surface area contributed by atoms with Crippen LogP contribution in [0.2, 0.25) is 0 Å². The van der Waals surface area contributed by atoms with Gasteiger partial charge >= 0.3 is 0 Å². The van der Waals surface area contributed by atoms with E-state index in [1.54, 1.807) is 18.2 Å². The van der Waals surface area contributed by atoms with Crippen LogP contribution in [-0.4, -0.2) is 40.7 Å². The summed E-state index contributed by atoms with van der Waals surface area (Å²) in [6, 6.07) is 9.69. The van der Waals surface area contributed by atoms with Crippen LogP contribution in [-0.2, 0) is 14.4 Å². The van der Waals surface area contributed by atoms with Crippen LogP contribution >= 0.6 is 22.6 Å². The summed E-state index contributed by atoms with van der Waals surface area (Å²) in [6.45, 7) is 0. The molecule has 2 aliphatic rings. The number of benzene rings is 2. The van der Waals surface area contributed by atoms with Crippen LogP contribution in [0.4, 0.5) is 29.1 Å². The number of pyridine rings is 1. The third-order valence-electron chi connectivity index (χ3n) is 7.17. The number of alkyl halides is 2. The lowest BCUT2D eigenvalue weighted by molar-refractivity contribution is -0.133. The number of nitriles is 1. The summed E-state index contributed by atoms with van der Waals surface area (Å²) in [4.78, 5) is 47.3. The highest BCUT2D eigenvalue weighted by Gasteiger charge is 2.49. The maximum Gasteiger partial charge on any atom is 0.252 e. The van der Waals surface area contributed by atoms with Gasteiger partial charge in [0.1, 0.15) is 29.5 Å². The first-order chi connectivity index (χ1) is 20.0. The Hall–Kier alpha value is -4.06. The van der Waals surface area contributed by atoms with Crippen LogP contribution in [0, 0.1) is 26.5 Å². The van der Waals surface area contributed by atoms with E-state index in [0.29, 0.717) is 3.57 Å². The van der Waals surface area contributed by atoms with Gasteiger partial charge in [0.25, 0.3) is 11.8 Å². The van der Waals surface area contributed by atoms with Crippen LogP contribution in [0.15, 0.2) is 60.8 Å². The molecule has 8 nitrogen and oxygen atoms in total. The van der Waals surface area contributed by atoms with E-state index in [1.165, 1.54) is 24.4 Å². The molecule has 5 rings (SSSR count). The van der Waals surface area contributed by atoms with Crippen molar-refractivity contribution >= 4 is 51.8 Å². The molecule has 13 heteroatoms. The van der Waals surface area contributed by atoms with Crippen LogP contribution in [0.5, 0.6) is 0 Å². The minimum atomic E-state index is -2.95. The van der Waals surface area contributed by atoms with Gasteiger partial charge in [0.05, 0.1) is 17.3 Å². The number of halogens is 5. The van der Waals surface area contributed by atoms with Crippen molar-refractivity contribution in [1.29, 1.82) is 5.26 Å². The molecule has 1 aromatic heterocycles. The fourth-order valence-corrected chi connectivity index (χ4v) is 5.86. The zero-order valence-electron chi connectivity index (χ0n) is 21.7. The third-order valence-corrected chi connectivity index (χ3v) is 8.15. The van der Waals surface area contributed by atoms with Gasteiger partial charge in [-0.25, -0.2) is 22.5 Å². The topological polar surface area (TPSA) is 106 Å². The highest BCUT2D eigenvalue weighted by Crippen LogP contribution is 2.40. The molecule has 1 aliphatic heterocycles. The number of rotatable bonds is 7. The number of nitrogens with one attached hydrogen (secondary N) is 1. The highest BCUT2D eigenvalue weighted by atomic mass is 127. The summed E-state index contributed by atoms with van der Waals surface area (Å²) >= 11 is 1.92. The zero-order chi connectivity index (χ0) is 30.2. The molecule has 0 bridgehead atoms. The zero-order valence-corrected chi connectivity index (χ0v) is 23.9. The predicted molar refractivity (Wildman–Crippen MR) is 151 cm³/mol. The monoisotopic (exact) mass is 691 g/mol. The molecule has 1 N–H and O–H groups in total. The summed E-state index contributed by atoms with van der Waals surface area (Å²) in [6.07, 6.45) is -0.0529. The second kappa shape index (κ2) is 11.7. The van der Waals surface area contributed by atoms with Crippen molar-refractivity contribution in [3.05, 3.63) is 87.1 Å². The lowest BCUT2D eigenvalue weighted by Crippen LogP contribution is -2.56. The average Bonchev–Trinajstić information content (AvgIpc) is 3.33. The molecular formula is C29H22F4IN5O3. The quantitative estimate of drug-likeness (QED) is 0.277. The average molecular weight is 691 g/mol. The summed E-state index contributed by atoms with van der Waals surface area (Å²) in [5, 5.41) is 11.9. The second-order valence-electron chi connectivity index (χ2n) is 10.0. The molecule has 2 heterocycles. The molecule has 2 fully saturated rings. The standard InChI is InChI=1S/C29H22F4IN5O3/c30-17-5-6-20(31)23(12-17)39(28(42)22-7-8-25(40)38(22)24-11-16(15-35)9-10-36-24)26(19-3-1-2-4-21(19)34)27(41)37-18-13-29(32,33)14-18/h1-6,9-12,18,22,26H,7-8,13-14H2,(H,37,41)/t22-,26-/m0/s1. The Labute approximate surface area is 251 Å². The maximum atomic E-state index is 15.4. The Bertz CT molecular complexity index is 1610. The molecule has 2 aromatic carbocycles. The molecule has 3 amide bonds. The molecule has 0 unspecified atom stereocenters. The molecule has 216 valence electrons. The normalized spacial score (nSPS) is 18.6. The lowest BCUT2D eigenvalue weighted by atomic mass is 9.87. The first kappa shape index (κ1) is 29.4. The maximum absolute atomic E-state index is 15.4. The summed E-state index contributed by atoms with van der Waals surface area (Å²) < 4.78 is 57.7. The Morgan fingerprint density at radius 1 is 1.14 bits per heavy atom. The van der Waals surface area contributed by atoms with Crippen molar-refractivity contribution in [3.63, 3.8) is 0 Å². The molecule has 1 saturated heterocycles. The van der Waals surface area contributed by atoms with Crippen molar-refractivity contribution in [1.82, 2.24) is 10.3 Å². The van der Waals surface area contributed by atoms with E-state index in [1.807, 2.05) is 28.7 Å². The minimum Gasteiger partial charge on any atom is -0.351 e. The molecule has 3 aromatic rings. The number of aromatic nitrogens is 1. The first-order valence-electron chi connectivity index (χ1n) is 12.9. The number of carbonyl (C=O) groups is 3. The van der Waals surface area contributed by atoms with Gasteiger partial charge in [0.2, 0.25) is 11.8 Å². The number of anilines is 2. The van der Waals surface area contributed by atoms with Crippen LogP contribution in [0.3, 0.4) is 0 Å². The molecule has 1 aliphatic carbocycles. The first-order valence-corrected chi connectivity index (χ1v) is 14.0. The van der Waals surface area contributed by atoms with E-state index < -0.39 is 71.9 Å². The number of carbonyl (C=O) groups excluding carboxylic acids is 3. The molecule has 42 heavy (non-hydrogen) atoms. The molecular weight excluding hydrogens is 669 g/mol. The fourth-order valence-electron chi connectivity index (χ4n) is 5.18. The van der Waals surface area contributed by atoms with Crippen molar-refractivity contribution in [3.8, 4) is 6.07 Å². The van der Waals surface area contributed by atoms with Crippen LogP contribution in [0.1, 0.15) is 42.9 Å². The predicted octanol–water partition coefficient (Wildman–Crippen LogP) is 5.02. The Kier molecular flexibility index (Phi) is 8.18. The van der Waals surface area contributed by atoms with E-state index in [0.717, 1.165) is 28.0 Å². The second-order valence-corrected chi connectivity index (χ2v) is 11.2. The summed E-state index contributed by atoms with van der Waals surface area (Å²) in [5.74, 6) is -7.17. The van der Waals surface area contributed by atoms with Crippen LogP contribution in [0.25, 0.3) is 0 Å². The number of amides is 3. The molecule has 1 saturated carbocycles. The van der Waals surface area contributed by atoms with Crippen molar-refractivity contribution in [2.24, 2.45) is 0 Å². The highest BCUT2D eigenvalue weighted by molar-refractivity contribution is 14.1. The van der Waals surface area contributed by atoms with Crippen molar-refractivity contribution in [2.75, 3.05) is 9.80 Å². The molecule has 0 radical (unpaired) electrons. The van der Waals surface area contributed by atoms with Crippen LogP contribution < -0.4 is 15.1 Å². The third kappa shape index (κ3) is 5.80.